The van der Waals surface area contributed by atoms with Gasteiger partial charge in [-0.3, -0.25) is 0 Å². The lowest BCUT2D eigenvalue weighted by molar-refractivity contribution is 0.134. The summed E-state index contributed by atoms with van der Waals surface area (Å²) < 4.78 is 6.32. The Morgan fingerprint density at radius 3 is 2.75 bits per heavy atom. The minimum atomic E-state index is 0.373. The van der Waals surface area contributed by atoms with E-state index in [9.17, 15) is 0 Å². The average Bonchev–Trinajstić information content (AvgIpc) is 2.42. The van der Waals surface area contributed by atoms with Crippen molar-refractivity contribution in [3.63, 3.8) is 0 Å². The fourth-order valence-electron chi connectivity index (χ4n) is 3.09. The molecule has 2 heteroatoms. The van der Waals surface area contributed by atoms with Crippen LogP contribution in [0.1, 0.15) is 55.7 Å². The largest absolute Gasteiger partial charge is 0.490 e. The molecule has 1 aliphatic rings. The van der Waals surface area contributed by atoms with Gasteiger partial charge in [-0.05, 0) is 82.2 Å². The Labute approximate surface area is 123 Å². The molecule has 1 aliphatic carbocycles. The minimum absolute atomic E-state index is 0.373. The molecule has 1 N–H and O–H groups in total. The van der Waals surface area contributed by atoms with E-state index in [0.717, 1.165) is 18.7 Å². The summed E-state index contributed by atoms with van der Waals surface area (Å²) in [7, 11) is 0. The van der Waals surface area contributed by atoms with E-state index in [1.165, 1.54) is 42.4 Å². The monoisotopic (exact) mass is 275 g/mol. The second-order valence-corrected chi connectivity index (χ2v) is 6.26. The van der Waals surface area contributed by atoms with Crippen LogP contribution < -0.4 is 10.1 Å². The van der Waals surface area contributed by atoms with E-state index in [0.29, 0.717) is 12.1 Å². The molecule has 2 atom stereocenters. The van der Waals surface area contributed by atoms with E-state index in [1.54, 1.807) is 0 Å². The van der Waals surface area contributed by atoms with E-state index >= 15 is 0 Å². The van der Waals surface area contributed by atoms with Crippen LogP contribution in [0.3, 0.4) is 0 Å². The van der Waals surface area contributed by atoms with Crippen LogP contribution >= 0.6 is 0 Å². The summed E-state index contributed by atoms with van der Waals surface area (Å²) in [6.45, 7) is 9.83. The molecule has 0 amide bonds. The highest BCUT2D eigenvalue weighted by atomic mass is 16.5. The molecule has 2 nitrogen and oxygen atoms in total. The zero-order valence-corrected chi connectivity index (χ0v) is 13.5. The van der Waals surface area contributed by atoms with Gasteiger partial charge in [0.15, 0.2) is 0 Å². The molecule has 0 radical (unpaired) electrons. The molecule has 0 bridgehead atoms. The number of benzene rings is 1. The van der Waals surface area contributed by atoms with Gasteiger partial charge < -0.3 is 10.1 Å². The third-order valence-corrected chi connectivity index (χ3v) is 4.37. The first kappa shape index (κ1) is 15.4. The summed E-state index contributed by atoms with van der Waals surface area (Å²) in [5.41, 5.74) is 3.91. The zero-order valence-electron chi connectivity index (χ0n) is 13.5. The second kappa shape index (κ2) is 7.12. The third-order valence-electron chi connectivity index (χ3n) is 4.37. The van der Waals surface area contributed by atoms with Crippen molar-refractivity contribution >= 4 is 0 Å². The highest BCUT2D eigenvalue weighted by Crippen LogP contribution is 2.28. The molecule has 0 heterocycles. The summed E-state index contributed by atoms with van der Waals surface area (Å²) in [6.07, 6.45) is 6.49. The van der Waals surface area contributed by atoms with Gasteiger partial charge in [0.1, 0.15) is 11.9 Å². The average molecular weight is 275 g/mol. The van der Waals surface area contributed by atoms with Crippen molar-refractivity contribution in [1.29, 1.82) is 0 Å². The summed E-state index contributed by atoms with van der Waals surface area (Å²) in [6, 6.07) is 5.06. The maximum Gasteiger partial charge on any atom is 0.123 e. The first-order chi connectivity index (χ1) is 9.60. The molecule has 0 spiro atoms. The maximum atomic E-state index is 6.32. The van der Waals surface area contributed by atoms with Crippen LogP contribution in [-0.2, 0) is 0 Å². The predicted octanol–water partition coefficient (Wildman–Crippen LogP) is 4.30. The number of hydrogen-bond donors (Lipinski definition) is 1. The molecule has 0 aromatic heterocycles. The van der Waals surface area contributed by atoms with Gasteiger partial charge in [0, 0.05) is 6.04 Å². The number of nitrogens with one attached hydrogen (secondary N) is 1. The van der Waals surface area contributed by atoms with Crippen LogP contribution in [0.5, 0.6) is 5.75 Å². The number of ether oxygens (including phenoxy) is 1. The van der Waals surface area contributed by atoms with E-state index in [1.807, 2.05) is 0 Å². The standard InChI is InChI=1S/C18H29NO/c1-5-9-19-16-7-6-8-17(12-16)20-18-11-13(2)10-14(3)15(18)4/h10-11,16-17,19H,5-9,12H2,1-4H3. The van der Waals surface area contributed by atoms with Crippen LogP contribution in [-0.4, -0.2) is 18.7 Å². The van der Waals surface area contributed by atoms with E-state index in [4.69, 9.17) is 4.74 Å². The first-order valence-corrected chi connectivity index (χ1v) is 8.08. The Morgan fingerprint density at radius 1 is 1.20 bits per heavy atom. The highest BCUT2D eigenvalue weighted by molar-refractivity contribution is 5.42. The van der Waals surface area contributed by atoms with Crippen molar-refractivity contribution in [2.24, 2.45) is 0 Å². The molecule has 20 heavy (non-hydrogen) atoms. The molecular formula is C18H29NO. The van der Waals surface area contributed by atoms with Gasteiger partial charge in [-0.15, -0.1) is 0 Å². The summed E-state index contributed by atoms with van der Waals surface area (Å²) in [4.78, 5) is 0. The fraction of sp³-hybridized carbons (Fsp3) is 0.667. The lowest BCUT2D eigenvalue weighted by atomic mass is 9.92. The van der Waals surface area contributed by atoms with Crippen molar-refractivity contribution in [2.75, 3.05) is 6.54 Å². The second-order valence-electron chi connectivity index (χ2n) is 6.26. The maximum absolute atomic E-state index is 6.32. The quantitative estimate of drug-likeness (QED) is 0.865. The lowest BCUT2D eigenvalue weighted by Crippen LogP contribution is -2.38. The Kier molecular flexibility index (Phi) is 5.47. The SMILES string of the molecule is CCCNC1CCCC(Oc2cc(C)cc(C)c2C)C1. The molecule has 0 aliphatic heterocycles. The Bertz CT molecular complexity index is 441. The minimum Gasteiger partial charge on any atom is -0.490 e. The van der Waals surface area contributed by atoms with Gasteiger partial charge in [0.05, 0.1) is 0 Å². The predicted molar refractivity (Wildman–Crippen MR) is 85.6 cm³/mol. The van der Waals surface area contributed by atoms with Gasteiger partial charge in [0.2, 0.25) is 0 Å². The lowest BCUT2D eigenvalue weighted by Gasteiger charge is -2.31. The van der Waals surface area contributed by atoms with Gasteiger partial charge in [-0.2, -0.15) is 0 Å². The van der Waals surface area contributed by atoms with Crippen LogP contribution in [0.2, 0.25) is 0 Å². The molecule has 2 unspecified atom stereocenters. The highest BCUT2D eigenvalue weighted by Gasteiger charge is 2.23. The van der Waals surface area contributed by atoms with Gasteiger partial charge in [0.25, 0.3) is 0 Å². The van der Waals surface area contributed by atoms with E-state index in [-0.39, 0.29) is 0 Å². The van der Waals surface area contributed by atoms with Crippen molar-refractivity contribution in [3.05, 3.63) is 28.8 Å². The molecule has 2 rings (SSSR count). The number of aryl methyl sites for hydroxylation is 2. The summed E-state index contributed by atoms with van der Waals surface area (Å²) >= 11 is 0. The van der Waals surface area contributed by atoms with E-state index < -0.39 is 0 Å². The van der Waals surface area contributed by atoms with Crippen LogP contribution in [0.4, 0.5) is 0 Å². The number of rotatable bonds is 5. The van der Waals surface area contributed by atoms with Crippen molar-refractivity contribution < 1.29 is 4.74 Å². The normalized spacial score (nSPS) is 22.8. The third kappa shape index (κ3) is 3.99. The van der Waals surface area contributed by atoms with Gasteiger partial charge >= 0.3 is 0 Å². The molecule has 112 valence electrons. The smallest absolute Gasteiger partial charge is 0.123 e. The van der Waals surface area contributed by atoms with Crippen molar-refractivity contribution in [2.45, 2.75) is 71.9 Å². The van der Waals surface area contributed by atoms with Crippen LogP contribution in [0.25, 0.3) is 0 Å². The summed E-state index contributed by atoms with van der Waals surface area (Å²) in [5.74, 6) is 1.09. The van der Waals surface area contributed by atoms with Crippen LogP contribution in [0.15, 0.2) is 12.1 Å². The first-order valence-electron chi connectivity index (χ1n) is 8.08. The topological polar surface area (TPSA) is 21.3 Å². The zero-order chi connectivity index (χ0) is 14.5. The molecule has 1 saturated carbocycles. The van der Waals surface area contributed by atoms with Crippen molar-refractivity contribution in [1.82, 2.24) is 5.32 Å². The van der Waals surface area contributed by atoms with Crippen LogP contribution in [0, 0.1) is 20.8 Å². The molecule has 1 fully saturated rings. The van der Waals surface area contributed by atoms with E-state index in [2.05, 4.69) is 45.1 Å². The van der Waals surface area contributed by atoms with Crippen molar-refractivity contribution in [3.8, 4) is 5.75 Å². The van der Waals surface area contributed by atoms with Gasteiger partial charge in [-0.25, -0.2) is 0 Å². The Balaban J connectivity index is 1.99. The fourth-order valence-corrected chi connectivity index (χ4v) is 3.09. The molecular weight excluding hydrogens is 246 g/mol. The summed E-state index contributed by atoms with van der Waals surface area (Å²) in [5, 5.41) is 3.64. The molecule has 0 saturated heterocycles. The Hall–Kier alpha value is -1.02. The Morgan fingerprint density at radius 2 is 2.00 bits per heavy atom. The number of hydrogen-bond acceptors (Lipinski definition) is 2. The molecule has 1 aromatic rings. The molecule has 1 aromatic carbocycles. The van der Waals surface area contributed by atoms with Gasteiger partial charge in [-0.1, -0.05) is 13.0 Å².